The average Bonchev–Trinajstić information content (AvgIpc) is 2.85. The van der Waals surface area contributed by atoms with Crippen LogP contribution in [0.4, 0.5) is 0 Å². The molecule has 0 radical (unpaired) electrons. The van der Waals surface area contributed by atoms with Crippen molar-refractivity contribution in [1.82, 2.24) is 15.1 Å². The van der Waals surface area contributed by atoms with Crippen LogP contribution < -0.4 is 10.1 Å². The van der Waals surface area contributed by atoms with Crippen LogP contribution in [-0.2, 0) is 13.5 Å². The minimum absolute atomic E-state index is 0.329. The first-order valence-electron chi connectivity index (χ1n) is 6.51. The lowest BCUT2D eigenvalue weighted by Crippen LogP contribution is -2.17. The van der Waals surface area contributed by atoms with Gasteiger partial charge in [-0.1, -0.05) is 12.1 Å². The molecule has 19 heavy (non-hydrogen) atoms. The van der Waals surface area contributed by atoms with Gasteiger partial charge in [0.15, 0.2) is 0 Å². The fourth-order valence-electron chi connectivity index (χ4n) is 2.25. The fraction of sp³-hybridized carbons (Fsp3) is 0.400. The minimum Gasteiger partial charge on any atom is -0.497 e. The van der Waals surface area contributed by atoms with Gasteiger partial charge < -0.3 is 10.1 Å². The van der Waals surface area contributed by atoms with Gasteiger partial charge in [0, 0.05) is 19.3 Å². The maximum atomic E-state index is 5.27. The topological polar surface area (TPSA) is 39.1 Å². The Morgan fingerprint density at radius 1 is 1.42 bits per heavy atom. The van der Waals surface area contributed by atoms with Gasteiger partial charge in [0.05, 0.1) is 13.3 Å². The summed E-state index contributed by atoms with van der Waals surface area (Å²) in [5, 5.41) is 7.56. The van der Waals surface area contributed by atoms with Gasteiger partial charge in [-0.3, -0.25) is 4.68 Å². The average molecular weight is 259 g/mol. The Morgan fingerprint density at radius 3 is 2.89 bits per heavy atom. The number of benzene rings is 1. The zero-order valence-electron chi connectivity index (χ0n) is 11.8. The van der Waals surface area contributed by atoms with E-state index in [0.717, 1.165) is 18.6 Å². The molecule has 1 aromatic carbocycles. The number of nitrogens with zero attached hydrogens (tertiary/aromatic N) is 2. The monoisotopic (exact) mass is 259 g/mol. The molecule has 0 aliphatic rings. The third-order valence-electron chi connectivity index (χ3n) is 3.32. The summed E-state index contributed by atoms with van der Waals surface area (Å²) >= 11 is 0. The Bertz CT molecular complexity index is 522. The molecule has 1 heterocycles. The van der Waals surface area contributed by atoms with Gasteiger partial charge in [-0.25, -0.2) is 0 Å². The summed E-state index contributed by atoms with van der Waals surface area (Å²) in [6.07, 6.45) is 6.04. The number of aromatic nitrogens is 2. The lowest BCUT2D eigenvalue weighted by Gasteiger charge is -2.17. The Balaban J connectivity index is 2.02. The Morgan fingerprint density at radius 2 is 2.26 bits per heavy atom. The molecule has 0 aliphatic heterocycles. The van der Waals surface area contributed by atoms with Gasteiger partial charge in [0.2, 0.25) is 0 Å². The third-order valence-corrected chi connectivity index (χ3v) is 3.32. The molecule has 0 aliphatic carbocycles. The molecule has 0 saturated heterocycles. The second-order valence-electron chi connectivity index (χ2n) is 4.68. The van der Waals surface area contributed by atoms with E-state index in [4.69, 9.17) is 4.74 Å². The molecule has 1 aromatic heterocycles. The summed E-state index contributed by atoms with van der Waals surface area (Å²) in [6, 6.07) is 8.55. The zero-order valence-corrected chi connectivity index (χ0v) is 11.8. The van der Waals surface area contributed by atoms with Crippen molar-refractivity contribution in [2.24, 2.45) is 7.05 Å². The summed E-state index contributed by atoms with van der Waals surface area (Å²) in [5.74, 6) is 0.902. The van der Waals surface area contributed by atoms with Gasteiger partial charge in [-0.15, -0.1) is 0 Å². The highest BCUT2D eigenvalue weighted by molar-refractivity contribution is 5.30. The van der Waals surface area contributed by atoms with Crippen LogP contribution in [0.5, 0.6) is 5.75 Å². The molecule has 0 fully saturated rings. The molecule has 0 amide bonds. The predicted octanol–water partition coefficient (Wildman–Crippen LogP) is 2.32. The molecule has 0 saturated carbocycles. The van der Waals surface area contributed by atoms with Gasteiger partial charge in [0.25, 0.3) is 0 Å². The number of ether oxygens (including phenoxy) is 1. The van der Waals surface area contributed by atoms with Crippen molar-refractivity contribution in [3.8, 4) is 5.75 Å². The first-order valence-corrected chi connectivity index (χ1v) is 6.51. The minimum atomic E-state index is 0.329. The molecule has 1 N–H and O–H groups in total. The normalized spacial score (nSPS) is 12.4. The van der Waals surface area contributed by atoms with Gasteiger partial charge in [0.1, 0.15) is 5.75 Å². The third kappa shape index (κ3) is 3.58. The summed E-state index contributed by atoms with van der Waals surface area (Å²) < 4.78 is 7.12. The van der Waals surface area contributed by atoms with E-state index in [1.54, 1.807) is 7.11 Å². The number of hydrogen-bond acceptors (Lipinski definition) is 3. The first kappa shape index (κ1) is 13.6. The number of nitrogens with one attached hydrogen (secondary N) is 1. The molecule has 4 nitrogen and oxygen atoms in total. The number of methoxy groups -OCH3 is 1. The summed E-state index contributed by atoms with van der Waals surface area (Å²) in [6.45, 7) is 0. The summed E-state index contributed by atoms with van der Waals surface area (Å²) in [7, 11) is 5.64. The standard InChI is InChI=1S/C15H21N3O/c1-16-15(8-7-12-10-17-18(2)11-12)13-5-4-6-14(9-13)19-3/h4-6,9-11,15-16H,7-8H2,1-3H3. The molecule has 1 unspecified atom stereocenters. The van der Waals surface area contributed by atoms with E-state index in [1.807, 2.05) is 37.1 Å². The largest absolute Gasteiger partial charge is 0.497 e. The lowest BCUT2D eigenvalue weighted by atomic mass is 10.00. The smallest absolute Gasteiger partial charge is 0.119 e. The maximum absolute atomic E-state index is 5.27. The van der Waals surface area contributed by atoms with Crippen molar-refractivity contribution >= 4 is 0 Å². The van der Waals surface area contributed by atoms with E-state index in [0.29, 0.717) is 6.04 Å². The molecule has 4 heteroatoms. The quantitative estimate of drug-likeness (QED) is 0.865. The van der Waals surface area contributed by atoms with Gasteiger partial charge in [-0.05, 0) is 43.1 Å². The van der Waals surface area contributed by atoms with E-state index in [9.17, 15) is 0 Å². The van der Waals surface area contributed by atoms with Crippen LogP contribution in [0, 0.1) is 0 Å². The number of hydrogen-bond donors (Lipinski definition) is 1. The van der Waals surface area contributed by atoms with Crippen LogP contribution in [0.15, 0.2) is 36.7 Å². The van der Waals surface area contributed by atoms with Crippen molar-refractivity contribution in [2.75, 3.05) is 14.2 Å². The van der Waals surface area contributed by atoms with Crippen LogP contribution in [0.2, 0.25) is 0 Å². The van der Waals surface area contributed by atoms with E-state index in [1.165, 1.54) is 11.1 Å². The van der Waals surface area contributed by atoms with Crippen LogP contribution in [0.25, 0.3) is 0 Å². The molecule has 0 bridgehead atoms. The second kappa shape index (κ2) is 6.38. The van der Waals surface area contributed by atoms with Crippen molar-refractivity contribution in [3.05, 3.63) is 47.8 Å². The highest BCUT2D eigenvalue weighted by Crippen LogP contribution is 2.22. The lowest BCUT2D eigenvalue weighted by molar-refractivity contribution is 0.413. The first-order chi connectivity index (χ1) is 9.22. The predicted molar refractivity (Wildman–Crippen MR) is 76.3 cm³/mol. The Hall–Kier alpha value is -1.81. The highest BCUT2D eigenvalue weighted by atomic mass is 16.5. The molecule has 0 spiro atoms. The highest BCUT2D eigenvalue weighted by Gasteiger charge is 2.10. The van der Waals surface area contributed by atoms with Crippen LogP contribution >= 0.6 is 0 Å². The van der Waals surface area contributed by atoms with Crippen LogP contribution in [0.3, 0.4) is 0 Å². The van der Waals surface area contributed by atoms with E-state index >= 15 is 0 Å². The van der Waals surface area contributed by atoms with Crippen molar-refractivity contribution in [3.63, 3.8) is 0 Å². The molecule has 2 rings (SSSR count). The fourth-order valence-corrected chi connectivity index (χ4v) is 2.25. The van der Waals surface area contributed by atoms with Gasteiger partial charge in [-0.2, -0.15) is 5.10 Å². The molecular weight excluding hydrogens is 238 g/mol. The maximum Gasteiger partial charge on any atom is 0.119 e. The van der Waals surface area contributed by atoms with E-state index < -0.39 is 0 Å². The molecule has 1 atom stereocenters. The van der Waals surface area contributed by atoms with E-state index in [-0.39, 0.29) is 0 Å². The number of aryl methyl sites for hydroxylation is 2. The van der Waals surface area contributed by atoms with Crippen molar-refractivity contribution in [1.29, 1.82) is 0 Å². The Labute approximate surface area is 114 Å². The SMILES string of the molecule is CNC(CCc1cnn(C)c1)c1cccc(OC)c1. The summed E-state index contributed by atoms with van der Waals surface area (Å²) in [5.41, 5.74) is 2.52. The Kier molecular flexibility index (Phi) is 4.58. The van der Waals surface area contributed by atoms with Gasteiger partial charge >= 0.3 is 0 Å². The van der Waals surface area contributed by atoms with Crippen molar-refractivity contribution in [2.45, 2.75) is 18.9 Å². The van der Waals surface area contributed by atoms with E-state index in [2.05, 4.69) is 28.7 Å². The molecular formula is C15H21N3O. The number of rotatable bonds is 6. The van der Waals surface area contributed by atoms with Crippen LogP contribution in [-0.4, -0.2) is 23.9 Å². The molecule has 2 aromatic rings. The molecule has 102 valence electrons. The van der Waals surface area contributed by atoms with Crippen molar-refractivity contribution < 1.29 is 4.74 Å². The van der Waals surface area contributed by atoms with Crippen LogP contribution in [0.1, 0.15) is 23.6 Å². The second-order valence-corrected chi connectivity index (χ2v) is 4.68. The summed E-state index contributed by atoms with van der Waals surface area (Å²) in [4.78, 5) is 0. The zero-order chi connectivity index (χ0) is 13.7.